The van der Waals surface area contributed by atoms with Crippen molar-refractivity contribution in [2.45, 2.75) is 38.6 Å². The van der Waals surface area contributed by atoms with Crippen LogP contribution in [0.2, 0.25) is 0 Å². The van der Waals surface area contributed by atoms with Gasteiger partial charge >= 0.3 is 0 Å². The number of thioether (sulfide) groups is 1. The molecule has 1 fully saturated rings. The fourth-order valence-electron chi connectivity index (χ4n) is 2.24. The smallest absolute Gasteiger partial charge is 0.118 e. The van der Waals surface area contributed by atoms with Crippen LogP contribution >= 0.6 is 11.8 Å². The molecule has 1 aliphatic rings. The molecule has 0 saturated carbocycles. The summed E-state index contributed by atoms with van der Waals surface area (Å²) >= 11 is 2.11. The van der Waals surface area contributed by atoms with Gasteiger partial charge in [-0.15, -0.1) is 0 Å². The first-order valence-electron chi connectivity index (χ1n) is 6.94. The number of nitrogens with zero attached hydrogens (tertiary/aromatic N) is 1. The van der Waals surface area contributed by atoms with E-state index in [-0.39, 0.29) is 0 Å². The van der Waals surface area contributed by atoms with Crippen LogP contribution in [0.1, 0.15) is 31.8 Å². The summed E-state index contributed by atoms with van der Waals surface area (Å²) in [7, 11) is 0. The van der Waals surface area contributed by atoms with Gasteiger partial charge in [-0.25, -0.2) is 0 Å². The Morgan fingerprint density at radius 2 is 2.22 bits per heavy atom. The summed E-state index contributed by atoms with van der Waals surface area (Å²) in [6, 6.07) is 4.21. The fraction of sp³-hybridized carbons (Fsp3) is 0.714. The predicted octanol–water partition coefficient (Wildman–Crippen LogP) is 2.72. The first kappa shape index (κ1) is 14.0. The molecule has 1 N–H and O–H groups in total. The molecule has 0 bridgehead atoms. The summed E-state index contributed by atoms with van der Waals surface area (Å²) in [4.78, 5) is 2.51. The highest BCUT2D eigenvalue weighted by molar-refractivity contribution is 8.00. The van der Waals surface area contributed by atoms with E-state index in [1.165, 1.54) is 25.3 Å². The molecule has 0 amide bonds. The number of furan rings is 1. The zero-order valence-electron chi connectivity index (χ0n) is 11.4. The van der Waals surface area contributed by atoms with E-state index in [1.807, 2.05) is 0 Å². The Morgan fingerprint density at radius 1 is 1.39 bits per heavy atom. The van der Waals surface area contributed by atoms with Gasteiger partial charge in [-0.1, -0.05) is 13.8 Å². The van der Waals surface area contributed by atoms with Crippen molar-refractivity contribution in [2.75, 3.05) is 25.4 Å². The summed E-state index contributed by atoms with van der Waals surface area (Å²) in [5, 5.41) is 4.09. The third-order valence-electron chi connectivity index (χ3n) is 3.32. The van der Waals surface area contributed by atoms with Crippen LogP contribution in [0.4, 0.5) is 0 Å². The number of rotatable bonds is 6. The summed E-state index contributed by atoms with van der Waals surface area (Å²) in [5.41, 5.74) is 0. The summed E-state index contributed by atoms with van der Waals surface area (Å²) in [6.07, 6.45) is 1.27. The lowest BCUT2D eigenvalue weighted by Gasteiger charge is -2.31. The van der Waals surface area contributed by atoms with E-state index in [9.17, 15) is 0 Å². The molecular weight excluding hydrogens is 244 g/mol. The maximum atomic E-state index is 5.85. The van der Waals surface area contributed by atoms with E-state index in [1.54, 1.807) is 0 Å². The van der Waals surface area contributed by atoms with E-state index in [4.69, 9.17) is 4.42 Å². The Bertz CT molecular complexity index is 353. The monoisotopic (exact) mass is 268 g/mol. The van der Waals surface area contributed by atoms with Crippen molar-refractivity contribution in [1.29, 1.82) is 0 Å². The Hall–Kier alpha value is -0.450. The van der Waals surface area contributed by atoms with E-state index in [2.05, 4.69) is 48.0 Å². The summed E-state index contributed by atoms with van der Waals surface area (Å²) in [6.45, 7) is 9.56. The topological polar surface area (TPSA) is 28.4 Å². The molecule has 1 aromatic rings. The van der Waals surface area contributed by atoms with Crippen LogP contribution in [-0.4, -0.2) is 35.5 Å². The molecule has 1 unspecified atom stereocenters. The minimum Gasteiger partial charge on any atom is -0.463 e. The Kier molecular flexibility index (Phi) is 5.60. The van der Waals surface area contributed by atoms with E-state index < -0.39 is 0 Å². The third-order valence-corrected chi connectivity index (χ3v) is 4.70. The third kappa shape index (κ3) is 4.04. The van der Waals surface area contributed by atoms with Crippen LogP contribution in [0.5, 0.6) is 0 Å². The van der Waals surface area contributed by atoms with Gasteiger partial charge in [0.25, 0.3) is 0 Å². The lowest BCUT2D eigenvalue weighted by atomic mass is 10.3. The molecule has 3 nitrogen and oxygen atoms in total. The molecule has 1 aromatic heterocycles. The van der Waals surface area contributed by atoms with E-state index in [0.717, 1.165) is 36.4 Å². The largest absolute Gasteiger partial charge is 0.463 e. The Labute approximate surface area is 114 Å². The van der Waals surface area contributed by atoms with Gasteiger partial charge in [-0.2, -0.15) is 11.8 Å². The molecule has 2 rings (SSSR count). The molecule has 1 atom stereocenters. The van der Waals surface area contributed by atoms with Crippen LogP contribution in [0.15, 0.2) is 16.5 Å². The molecule has 0 radical (unpaired) electrons. The van der Waals surface area contributed by atoms with Crippen molar-refractivity contribution in [1.82, 2.24) is 10.2 Å². The molecular formula is C14H24N2OS. The quantitative estimate of drug-likeness (QED) is 0.859. The van der Waals surface area contributed by atoms with Crippen LogP contribution < -0.4 is 5.32 Å². The van der Waals surface area contributed by atoms with Gasteiger partial charge in [0.15, 0.2) is 0 Å². The average molecular weight is 268 g/mol. The van der Waals surface area contributed by atoms with Crippen LogP contribution in [-0.2, 0) is 13.1 Å². The van der Waals surface area contributed by atoms with Crippen LogP contribution in [0, 0.1) is 0 Å². The normalized spacial score (nSPS) is 21.3. The molecule has 0 aromatic carbocycles. The van der Waals surface area contributed by atoms with Gasteiger partial charge in [0, 0.05) is 24.1 Å². The second kappa shape index (κ2) is 7.22. The van der Waals surface area contributed by atoms with Crippen molar-refractivity contribution in [3.63, 3.8) is 0 Å². The fourth-order valence-corrected chi connectivity index (χ4v) is 3.49. The second-order valence-corrected chi connectivity index (χ2v) is 6.19. The molecule has 0 aliphatic carbocycles. The minimum atomic E-state index is 0.801. The minimum absolute atomic E-state index is 0.801. The molecule has 18 heavy (non-hydrogen) atoms. The lowest BCUT2D eigenvalue weighted by Crippen LogP contribution is -2.36. The number of hydrogen-bond acceptors (Lipinski definition) is 4. The molecule has 1 saturated heterocycles. The van der Waals surface area contributed by atoms with Crippen molar-refractivity contribution in [3.05, 3.63) is 23.7 Å². The summed E-state index contributed by atoms with van der Waals surface area (Å²) in [5.74, 6) is 3.40. The lowest BCUT2D eigenvalue weighted by molar-refractivity contribution is 0.247. The Morgan fingerprint density at radius 3 is 3.00 bits per heavy atom. The van der Waals surface area contributed by atoms with Crippen LogP contribution in [0.25, 0.3) is 0 Å². The van der Waals surface area contributed by atoms with Gasteiger partial charge in [-0.3, -0.25) is 4.90 Å². The highest BCUT2D eigenvalue weighted by atomic mass is 32.2. The molecule has 2 heterocycles. The van der Waals surface area contributed by atoms with Crippen molar-refractivity contribution in [2.24, 2.45) is 0 Å². The standard InChI is InChI=1S/C14H24N2OS/c1-3-14-11-16(7-8-18-14)10-13-6-5-12(17-13)9-15-4-2/h5-6,14-15H,3-4,7-11H2,1-2H3. The predicted molar refractivity (Wildman–Crippen MR) is 77.9 cm³/mol. The molecule has 1 aliphatic heterocycles. The summed E-state index contributed by atoms with van der Waals surface area (Å²) < 4.78 is 5.85. The number of hydrogen-bond donors (Lipinski definition) is 1. The SMILES string of the molecule is CCNCc1ccc(CN2CCSC(CC)C2)o1. The van der Waals surface area contributed by atoms with E-state index in [0.29, 0.717) is 0 Å². The maximum absolute atomic E-state index is 5.85. The van der Waals surface area contributed by atoms with Gasteiger partial charge in [-0.05, 0) is 25.1 Å². The highest BCUT2D eigenvalue weighted by Gasteiger charge is 2.19. The van der Waals surface area contributed by atoms with Gasteiger partial charge in [0.05, 0.1) is 13.1 Å². The number of nitrogens with one attached hydrogen (secondary N) is 1. The Balaban J connectivity index is 1.83. The van der Waals surface area contributed by atoms with Gasteiger partial charge in [0.2, 0.25) is 0 Å². The zero-order valence-corrected chi connectivity index (χ0v) is 12.3. The van der Waals surface area contributed by atoms with Crippen molar-refractivity contribution >= 4 is 11.8 Å². The van der Waals surface area contributed by atoms with Gasteiger partial charge in [0.1, 0.15) is 11.5 Å². The second-order valence-electron chi connectivity index (χ2n) is 4.78. The van der Waals surface area contributed by atoms with Gasteiger partial charge < -0.3 is 9.73 Å². The first-order chi connectivity index (χ1) is 8.81. The molecule has 4 heteroatoms. The van der Waals surface area contributed by atoms with Crippen molar-refractivity contribution in [3.8, 4) is 0 Å². The van der Waals surface area contributed by atoms with Crippen LogP contribution in [0.3, 0.4) is 0 Å². The first-order valence-corrected chi connectivity index (χ1v) is 7.99. The zero-order chi connectivity index (χ0) is 12.8. The van der Waals surface area contributed by atoms with E-state index >= 15 is 0 Å². The molecule has 102 valence electrons. The highest BCUT2D eigenvalue weighted by Crippen LogP contribution is 2.22. The molecule has 0 spiro atoms. The van der Waals surface area contributed by atoms with Crippen molar-refractivity contribution < 1.29 is 4.42 Å². The maximum Gasteiger partial charge on any atom is 0.118 e. The average Bonchev–Trinajstić information content (AvgIpc) is 2.84.